The van der Waals surface area contributed by atoms with Crippen molar-refractivity contribution in [2.75, 3.05) is 0 Å². The van der Waals surface area contributed by atoms with Gasteiger partial charge in [0.1, 0.15) is 5.82 Å². The minimum atomic E-state index is -0.149. The van der Waals surface area contributed by atoms with Crippen LogP contribution in [-0.2, 0) is 19.6 Å². The van der Waals surface area contributed by atoms with E-state index in [4.69, 9.17) is 16.9 Å². The van der Waals surface area contributed by atoms with E-state index in [0.29, 0.717) is 23.0 Å². The van der Waals surface area contributed by atoms with Gasteiger partial charge < -0.3 is 9.67 Å². The lowest BCUT2D eigenvalue weighted by molar-refractivity contribution is 0.271. The molecule has 5 heteroatoms. The first-order chi connectivity index (χ1) is 14.0. The Labute approximate surface area is 179 Å². The number of aliphatic hydroxyl groups is 1. The van der Waals surface area contributed by atoms with Crippen LogP contribution in [0.2, 0.25) is 5.15 Å². The Morgan fingerprint density at radius 2 is 1.97 bits per heavy atom. The summed E-state index contributed by atoms with van der Waals surface area (Å²) in [6.07, 6.45) is 6.33. The number of nitrogens with zero attached hydrogens (tertiary/aromatic N) is 3. The SMILES string of the molecule is C=C/C=C(\C(=C)C#N)c1ccc(Cn2c(CCCC)nc(Cl)c2CO)cc1.CC. The standard InChI is InChI=1S/C22H24ClN3O.C2H6/c1-4-6-8-21-25-22(23)20(15-27)26(21)14-17-9-11-18(12-10-17)19(7-5-2)16(3)13-24;1-2/h5,7,9-12,27H,2-4,6,8,14-15H2,1H3;1-2H3/b19-7+;. The highest BCUT2D eigenvalue weighted by Crippen LogP contribution is 2.24. The number of nitriles is 1. The highest BCUT2D eigenvalue weighted by molar-refractivity contribution is 6.30. The number of unbranched alkanes of at least 4 members (excludes halogenated alkanes) is 1. The van der Waals surface area contributed by atoms with Gasteiger partial charge in [0.05, 0.1) is 23.9 Å². The molecule has 0 fully saturated rings. The molecule has 2 rings (SSSR count). The number of imidazole rings is 1. The Bertz CT molecular complexity index is 886. The van der Waals surface area contributed by atoms with Crippen LogP contribution in [0.1, 0.15) is 56.3 Å². The van der Waals surface area contributed by atoms with E-state index in [-0.39, 0.29) is 6.61 Å². The average molecular weight is 412 g/mol. The Morgan fingerprint density at radius 1 is 1.31 bits per heavy atom. The zero-order valence-corrected chi connectivity index (χ0v) is 18.3. The van der Waals surface area contributed by atoms with Gasteiger partial charge in [0.15, 0.2) is 5.15 Å². The van der Waals surface area contributed by atoms with E-state index >= 15 is 0 Å². The molecular weight excluding hydrogens is 382 g/mol. The number of aryl methyl sites for hydroxylation is 1. The molecule has 0 aliphatic rings. The third-order valence-electron chi connectivity index (χ3n) is 4.36. The van der Waals surface area contributed by atoms with Crippen LogP contribution in [0.15, 0.2) is 55.1 Å². The van der Waals surface area contributed by atoms with Gasteiger partial charge in [-0.15, -0.1) is 0 Å². The first kappa shape index (κ1) is 24.4. The van der Waals surface area contributed by atoms with Gasteiger partial charge in [0.2, 0.25) is 0 Å². The molecule has 0 aliphatic carbocycles. The number of benzene rings is 1. The summed E-state index contributed by atoms with van der Waals surface area (Å²) in [5.74, 6) is 0.889. The van der Waals surface area contributed by atoms with Crippen LogP contribution in [-0.4, -0.2) is 14.7 Å². The van der Waals surface area contributed by atoms with Crippen LogP contribution in [0, 0.1) is 11.3 Å². The Kier molecular flexibility index (Phi) is 10.8. The second kappa shape index (κ2) is 12.8. The van der Waals surface area contributed by atoms with Gasteiger partial charge in [0, 0.05) is 13.0 Å². The van der Waals surface area contributed by atoms with Crippen LogP contribution in [0.4, 0.5) is 0 Å². The molecule has 29 heavy (non-hydrogen) atoms. The van der Waals surface area contributed by atoms with Crippen LogP contribution < -0.4 is 0 Å². The molecule has 0 amide bonds. The van der Waals surface area contributed by atoms with E-state index in [0.717, 1.165) is 41.8 Å². The molecule has 0 aliphatic heterocycles. The average Bonchev–Trinajstić information content (AvgIpc) is 3.06. The fraction of sp³-hybridized carbons (Fsp3) is 0.333. The minimum absolute atomic E-state index is 0.149. The topological polar surface area (TPSA) is 61.8 Å². The van der Waals surface area contributed by atoms with Gasteiger partial charge >= 0.3 is 0 Å². The number of aliphatic hydroxyl groups excluding tert-OH is 1. The number of hydrogen-bond acceptors (Lipinski definition) is 3. The van der Waals surface area contributed by atoms with Crippen molar-refractivity contribution < 1.29 is 5.11 Å². The number of halogens is 1. The monoisotopic (exact) mass is 411 g/mol. The van der Waals surface area contributed by atoms with Gasteiger partial charge in [0.25, 0.3) is 0 Å². The molecule has 0 unspecified atom stereocenters. The normalized spacial score (nSPS) is 10.7. The van der Waals surface area contributed by atoms with Crippen molar-refractivity contribution >= 4 is 17.2 Å². The lowest BCUT2D eigenvalue weighted by Gasteiger charge is -2.12. The molecule has 0 saturated heterocycles. The van der Waals surface area contributed by atoms with E-state index in [2.05, 4.69) is 31.1 Å². The predicted octanol–water partition coefficient (Wildman–Crippen LogP) is 6.10. The molecule has 1 aromatic carbocycles. The van der Waals surface area contributed by atoms with Crippen molar-refractivity contribution in [3.05, 3.63) is 82.9 Å². The maximum atomic E-state index is 9.68. The number of hydrogen-bond donors (Lipinski definition) is 1. The zero-order valence-electron chi connectivity index (χ0n) is 17.6. The summed E-state index contributed by atoms with van der Waals surface area (Å²) in [6.45, 7) is 14.0. The summed E-state index contributed by atoms with van der Waals surface area (Å²) < 4.78 is 1.99. The summed E-state index contributed by atoms with van der Waals surface area (Å²) in [5, 5.41) is 19.2. The van der Waals surface area contributed by atoms with Crippen LogP contribution in [0.25, 0.3) is 5.57 Å². The summed E-state index contributed by atoms with van der Waals surface area (Å²) in [5.41, 5.74) is 3.75. The summed E-state index contributed by atoms with van der Waals surface area (Å²) in [7, 11) is 0. The maximum absolute atomic E-state index is 9.68. The second-order valence-corrected chi connectivity index (χ2v) is 6.57. The fourth-order valence-electron chi connectivity index (χ4n) is 2.89. The first-order valence-corrected chi connectivity index (χ1v) is 10.3. The van der Waals surface area contributed by atoms with Gasteiger partial charge in [-0.25, -0.2) is 4.98 Å². The van der Waals surface area contributed by atoms with Crippen molar-refractivity contribution in [1.82, 2.24) is 9.55 Å². The molecule has 1 aromatic heterocycles. The highest BCUT2D eigenvalue weighted by Gasteiger charge is 2.15. The number of aromatic nitrogens is 2. The van der Waals surface area contributed by atoms with E-state index in [9.17, 15) is 5.11 Å². The van der Waals surface area contributed by atoms with Crippen LogP contribution in [0.3, 0.4) is 0 Å². The largest absolute Gasteiger partial charge is 0.390 e. The molecule has 154 valence electrons. The molecule has 0 bridgehead atoms. The predicted molar refractivity (Wildman–Crippen MR) is 122 cm³/mol. The Hall–Kier alpha value is -2.61. The molecule has 1 heterocycles. The molecule has 0 radical (unpaired) electrons. The van der Waals surface area contributed by atoms with Crippen LogP contribution >= 0.6 is 11.6 Å². The fourth-order valence-corrected chi connectivity index (χ4v) is 3.15. The maximum Gasteiger partial charge on any atom is 0.152 e. The molecule has 0 atom stereocenters. The molecule has 0 spiro atoms. The van der Waals surface area contributed by atoms with E-state index in [1.54, 1.807) is 12.2 Å². The van der Waals surface area contributed by atoms with Crippen LogP contribution in [0.5, 0.6) is 0 Å². The van der Waals surface area contributed by atoms with E-state index < -0.39 is 0 Å². The van der Waals surface area contributed by atoms with Gasteiger partial charge in [-0.1, -0.05) is 88.4 Å². The molecule has 2 aromatic rings. The van der Waals surface area contributed by atoms with E-state index in [1.165, 1.54) is 0 Å². The third kappa shape index (κ3) is 6.45. The molecular formula is C24H30ClN3O. The number of allylic oxidation sites excluding steroid dienone is 4. The van der Waals surface area contributed by atoms with Crippen molar-refractivity contribution in [2.24, 2.45) is 0 Å². The number of rotatable bonds is 9. The summed E-state index contributed by atoms with van der Waals surface area (Å²) >= 11 is 6.20. The molecule has 4 nitrogen and oxygen atoms in total. The quantitative estimate of drug-likeness (QED) is 0.400. The Morgan fingerprint density at radius 3 is 2.48 bits per heavy atom. The molecule has 0 saturated carbocycles. The lowest BCUT2D eigenvalue weighted by Crippen LogP contribution is -2.09. The van der Waals surface area contributed by atoms with Crippen molar-refractivity contribution in [3.8, 4) is 6.07 Å². The minimum Gasteiger partial charge on any atom is -0.390 e. The lowest BCUT2D eigenvalue weighted by atomic mass is 9.98. The summed E-state index contributed by atoms with van der Waals surface area (Å²) in [4.78, 5) is 4.42. The summed E-state index contributed by atoms with van der Waals surface area (Å²) in [6, 6.07) is 9.98. The van der Waals surface area contributed by atoms with Gasteiger partial charge in [-0.05, 0) is 23.1 Å². The van der Waals surface area contributed by atoms with E-state index in [1.807, 2.05) is 42.7 Å². The van der Waals surface area contributed by atoms with Crippen molar-refractivity contribution in [3.63, 3.8) is 0 Å². The smallest absolute Gasteiger partial charge is 0.152 e. The van der Waals surface area contributed by atoms with Gasteiger partial charge in [-0.2, -0.15) is 5.26 Å². The zero-order chi connectivity index (χ0) is 21.8. The second-order valence-electron chi connectivity index (χ2n) is 6.22. The highest BCUT2D eigenvalue weighted by atomic mass is 35.5. The first-order valence-electron chi connectivity index (χ1n) is 9.91. The molecule has 1 N–H and O–H groups in total. The van der Waals surface area contributed by atoms with Gasteiger partial charge in [-0.3, -0.25) is 0 Å². The Balaban J connectivity index is 0.00000204. The third-order valence-corrected chi connectivity index (χ3v) is 4.66. The van der Waals surface area contributed by atoms with Crippen molar-refractivity contribution in [1.29, 1.82) is 5.26 Å². The van der Waals surface area contributed by atoms with Crippen molar-refractivity contribution in [2.45, 2.75) is 53.2 Å².